The second kappa shape index (κ2) is 5.77. The van der Waals surface area contributed by atoms with Gasteiger partial charge in [0.1, 0.15) is 0 Å². The molecule has 0 saturated carbocycles. The molecule has 1 amide bonds. The van der Waals surface area contributed by atoms with Crippen LogP contribution in [0, 0.1) is 5.92 Å². The minimum Gasteiger partial charge on any atom is -0.504 e. The molecule has 0 aliphatic carbocycles. The van der Waals surface area contributed by atoms with Crippen molar-refractivity contribution in [3.05, 3.63) is 23.8 Å². The van der Waals surface area contributed by atoms with E-state index in [-0.39, 0.29) is 29.4 Å². The van der Waals surface area contributed by atoms with Crippen molar-refractivity contribution in [1.29, 1.82) is 0 Å². The van der Waals surface area contributed by atoms with Gasteiger partial charge in [-0.3, -0.25) is 4.79 Å². The Bertz CT molecular complexity index is 409. The second-order valence-corrected chi connectivity index (χ2v) is 4.41. The van der Waals surface area contributed by atoms with Crippen LogP contribution in [0.15, 0.2) is 18.2 Å². The van der Waals surface area contributed by atoms with Crippen molar-refractivity contribution in [2.45, 2.75) is 19.9 Å². The Morgan fingerprint density at radius 3 is 2.53 bits per heavy atom. The third-order valence-electron chi connectivity index (χ3n) is 2.69. The Labute approximate surface area is 105 Å². The van der Waals surface area contributed by atoms with Gasteiger partial charge in [0, 0.05) is 17.5 Å². The molecular formula is C12H16ClNO3. The highest BCUT2D eigenvalue weighted by Gasteiger charge is 2.15. The zero-order valence-electron chi connectivity index (χ0n) is 9.77. The Kier molecular flexibility index (Phi) is 4.63. The molecule has 1 rings (SSSR count). The molecule has 2 unspecified atom stereocenters. The Hall–Kier alpha value is -1.42. The van der Waals surface area contributed by atoms with Crippen molar-refractivity contribution in [1.82, 2.24) is 5.32 Å². The maximum Gasteiger partial charge on any atom is 0.251 e. The molecule has 0 aliphatic rings. The van der Waals surface area contributed by atoms with Crippen LogP contribution >= 0.6 is 11.6 Å². The minimum atomic E-state index is -0.310. The number of carbonyl (C=O) groups excluding carboxylic acids is 1. The predicted molar refractivity (Wildman–Crippen MR) is 66.6 cm³/mol. The molecule has 17 heavy (non-hydrogen) atoms. The number of rotatable bonds is 4. The molecule has 1 aromatic carbocycles. The van der Waals surface area contributed by atoms with Crippen molar-refractivity contribution in [2.24, 2.45) is 5.92 Å². The summed E-state index contributed by atoms with van der Waals surface area (Å²) in [6.07, 6.45) is 0. The molecule has 0 saturated heterocycles. The van der Waals surface area contributed by atoms with Crippen molar-refractivity contribution in [2.75, 3.05) is 5.88 Å². The lowest BCUT2D eigenvalue weighted by Crippen LogP contribution is -2.37. The van der Waals surface area contributed by atoms with E-state index in [0.29, 0.717) is 11.4 Å². The topological polar surface area (TPSA) is 69.6 Å². The molecule has 0 radical (unpaired) electrons. The van der Waals surface area contributed by atoms with Gasteiger partial charge in [-0.2, -0.15) is 0 Å². The number of phenols is 2. The van der Waals surface area contributed by atoms with Crippen molar-refractivity contribution >= 4 is 17.5 Å². The summed E-state index contributed by atoms with van der Waals surface area (Å²) in [5, 5.41) is 21.2. The van der Waals surface area contributed by atoms with Gasteiger partial charge in [0.2, 0.25) is 0 Å². The van der Waals surface area contributed by atoms with Crippen LogP contribution < -0.4 is 5.32 Å². The fourth-order valence-corrected chi connectivity index (χ4v) is 1.50. The molecule has 0 heterocycles. The van der Waals surface area contributed by atoms with Crippen LogP contribution in [0.3, 0.4) is 0 Å². The van der Waals surface area contributed by atoms with E-state index < -0.39 is 0 Å². The number of carbonyl (C=O) groups is 1. The lowest BCUT2D eigenvalue weighted by Gasteiger charge is -2.19. The van der Waals surface area contributed by atoms with Crippen LogP contribution in [0.5, 0.6) is 11.5 Å². The highest BCUT2D eigenvalue weighted by atomic mass is 35.5. The van der Waals surface area contributed by atoms with Crippen LogP contribution in [0.4, 0.5) is 0 Å². The summed E-state index contributed by atoms with van der Waals surface area (Å²) in [5.74, 6) is -0.238. The molecule has 3 N–H and O–H groups in total. The second-order valence-electron chi connectivity index (χ2n) is 4.10. The normalized spacial score (nSPS) is 14.1. The first-order valence-electron chi connectivity index (χ1n) is 5.34. The first-order chi connectivity index (χ1) is 7.95. The van der Waals surface area contributed by atoms with Crippen molar-refractivity contribution in [3.63, 3.8) is 0 Å². The van der Waals surface area contributed by atoms with Gasteiger partial charge in [-0.05, 0) is 31.0 Å². The number of nitrogens with one attached hydrogen (secondary N) is 1. The number of hydrogen-bond acceptors (Lipinski definition) is 3. The summed E-state index contributed by atoms with van der Waals surface area (Å²) in [6.45, 7) is 3.80. The fourth-order valence-electron chi connectivity index (χ4n) is 1.23. The van der Waals surface area contributed by atoms with Gasteiger partial charge in [0.05, 0.1) is 0 Å². The maximum atomic E-state index is 11.8. The first kappa shape index (κ1) is 13.6. The lowest BCUT2D eigenvalue weighted by atomic mass is 10.1. The van der Waals surface area contributed by atoms with Crippen LogP contribution in [0.25, 0.3) is 0 Å². The zero-order chi connectivity index (χ0) is 13.0. The zero-order valence-corrected chi connectivity index (χ0v) is 10.5. The Morgan fingerprint density at radius 1 is 1.35 bits per heavy atom. The quantitative estimate of drug-likeness (QED) is 0.571. The summed E-state index contributed by atoms with van der Waals surface area (Å²) < 4.78 is 0. The molecule has 0 fully saturated rings. The number of aromatic hydroxyl groups is 2. The lowest BCUT2D eigenvalue weighted by molar-refractivity contribution is 0.0930. The first-order valence-corrected chi connectivity index (χ1v) is 5.88. The number of hydrogen-bond donors (Lipinski definition) is 3. The molecule has 4 nitrogen and oxygen atoms in total. The molecule has 5 heteroatoms. The summed E-state index contributed by atoms with van der Waals surface area (Å²) in [6, 6.07) is 3.89. The van der Waals surface area contributed by atoms with E-state index in [0.717, 1.165) is 0 Å². The Morgan fingerprint density at radius 2 is 2.00 bits per heavy atom. The van der Waals surface area contributed by atoms with Crippen LogP contribution in [-0.2, 0) is 0 Å². The molecule has 0 bridgehead atoms. The summed E-state index contributed by atoms with van der Waals surface area (Å²) in [7, 11) is 0. The average molecular weight is 258 g/mol. The van der Waals surface area contributed by atoms with Crippen LogP contribution in [0.2, 0.25) is 0 Å². The van der Waals surface area contributed by atoms with Crippen molar-refractivity contribution in [3.8, 4) is 11.5 Å². The Balaban J connectivity index is 2.73. The number of alkyl halides is 1. The van der Waals surface area contributed by atoms with E-state index in [1.807, 2.05) is 13.8 Å². The van der Waals surface area contributed by atoms with Crippen LogP contribution in [-0.4, -0.2) is 28.0 Å². The van der Waals surface area contributed by atoms with Gasteiger partial charge in [-0.15, -0.1) is 11.6 Å². The number of amides is 1. The van der Waals surface area contributed by atoms with Gasteiger partial charge in [-0.25, -0.2) is 0 Å². The molecule has 1 aromatic rings. The SMILES string of the molecule is CC(CCl)C(C)NC(=O)c1ccc(O)c(O)c1. The summed E-state index contributed by atoms with van der Waals surface area (Å²) >= 11 is 5.70. The van der Waals surface area contributed by atoms with Gasteiger partial charge < -0.3 is 15.5 Å². The van der Waals surface area contributed by atoms with E-state index in [4.69, 9.17) is 16.7 Å². The van der Waals surface area contributed by atoms with E-state index in [1.165, 1.54) is 18.2 Å². The minimum absolute atomic E-state index is 0.0593. The largest absolute Gasteiger partial charge is 0.504 e. The highest BCUT2D eigenvalue weighted by molar-refractivity contribution is 6.18. The third kappa shape index (κ3) is 3.53. The van der Waals surface area contributed by atoms with Crippen molar-refractivity contribution < 1.29 is 15.0 Å². The number of benzene rings is 1. The van der Waals surface area contributed by atoms with E-state index >= 15 is 0 Å². The third-order valence-corrected chi connectivity index (χ3v) is 3.18. The molecule has 2 atom stereocenters. The van der Waals surface area contributed by atoms with E-state index in [9.17, 15) is 9.90 Å². The van der Waals surface area contributed by atoms with Gasteiger partial charge in [-0.1, -0.05) is 6.92 Å². The average Bonchev–Trinajstić information content (AvgIpc) is 2.31. The standard InChI is InChI=1S/C12H16ClNO3/c1-7(6-13)8(2)14-12(17)9-3-4-10(15)11(16)5-9/h3-5,7-8,15-16H,6H2,1-2H3,(H,14,17). The van der Waals surface area contributed by atoms with Gasteiger partial charge in [0.15, 0.2) is 11.5 Å². The molecule has 0 aromatic heterocycles. The van der Waals surface area contributed by atoms with E-state index in [2.05, 4.69) is 5.32 Å². The van der Waals surface area contributed by atoms with E-state index in [1.54, 1.807) is 0 Å². The predicted octanol–water partition coefficient (Wildman–Crippen LogP) is 2.09. The van der Waals surface area contributed by atoms with Crippen LogP contribution in [0.1, 0.15) is 24.2 Å². The summed E-state index contributed by atoms with van der Waals surface area (Å²) in [4.78, 5) is 11.8. The monoisotopic (exact) mass is 257 g/mol. The van der Waals surface area contributed by atoms with Gasteiger partial charge >= 0.3 is 0 Å². The molecular weight excluding hydrogens is 242 g/mol. The number of phenolic OH excluding ortho intramolecular Hbond substituents is 2. The molecule has 0 spiro atoms. The van der Waals surface area contributed by atoms with Gasteiger partial charge in [0.25, 0.3) is 5.91 Å². The summed E-state index contributed by atoms with van der Waals surface area (Å²) in [5.41, 5.74) is 0.300. The molecule has 0 aliphatic heterocycles. The highest BCUT2D eigenvalue weighted by Crippen LogP contribution is 2.24. The maximum absolute atomic E-state index is 11.8. The smallest absolute Gasteiger partial charge is 0.251 e. The molecule has 94 valence electrons. The fraction of sp³-hybridized carbons (Fsp3) is 0.417. The number of halogens is 1.